The Labute approximate surface area is 77.5 Å². The smallest absolute Gasteiger partial charge is 0.132 e. The molecule has 2 rings (SSSR count). The lowest BCUT2D eigenvalue weighted by Gasteiger charge is -2.19. The molecule has 1 atom stereocenters. The first-order valence-electron chi connectivity index (χ1n) is 4.36. The topological polar surface area (TPSA) is 22.4 Å². The van der Waals surface area contributed by atoms with Crippen molar-refractivity contribution >= 4 is 0 Å². The molecule has 1 aliphatic heterocycles. The molecule has 0 aliphatic carbocycles. The highest BCUT2D eigenvalue weighted by atomic mass is 16.5. The van der Waals surface area contributed by atoms with Crippen molar-refractivity contribution in [3.63, 3.8) is 0 Å². The minimum absolute atomic E-state index is 0.0821. The molecule has 0 saturated carbocycles. The van der Waals surface area contributed by atoms with E-state index < -0.39 is 0 Å². The van der Waals surface area contributed by atoms with Gasteiger partial charge in [-0.3, -0.25) is 0 Å². The zero-order valence-corrected chi connectivity index (χ0v) is 7.40. The molecule has 0 spiro atoms. The highest BCUT2D eigenvalue weighted by molar-refractivity contribution is 5.20. The van der Waals surface area contributed by atoms with Crippen LogP contribution in [0.1, 0.15) is 18.3 Å². The number of hydrogen-bond acceptors (Lipinski definition) is 2. The van der Waals surface area contributed by atoms with Crippen molar-refractivity contribution in [3.8, 4) is 0 Å². The highest BCUT2D eigenvalue weighted by Crippen LogP contribution is 2.27. The molecule has 0 saturated heterocycles. The van der Waals surface area contributed by atoms with E-state index in [2.05, 4.69) is 12.7 Å². The summed E-state index contributed by atoms with van der Waals surface area (Å²) < 4.78 is 10.9. The fourth-order valence-electron chi connectivity index (χ4n) is 1.40. The van der Waals surface area contributed by atoms with Gasteiger partial charge in [0.1, 0.15) is 11.9 Å². The second kappa shape index (κ2) is 3.62. The lowest BCUT2D eigenvalue weighted by molar-refractivity contribution is 0.0475. The summed E-state index contributed by atoms with van der Waals surface area (Å²) in [5.74, 6) is 0.902. The third-order valence-electron chi connectivity index (χ3n) is 2.17. The van der Waals surface area contributed by atoms with Gasteiger partial charge in [0, 0.05) is 0 Å². The molecule has 13 heavy (non-hydrogen) atoms. The maximum atomic E-state index is 5.59. The van der Waals surface area contributed by atoms with Crippen LogP contribution in [0.5, 0.6) is 0 Å². The summed E-state index contributed by atoms with van der Waals surface area (Å²) in [7, 11) is 0. The summed E-state index contributed by atoms with van der Waals surface area (Å²) in [5, 5.41) is 0. The predicted octanol–water partition coefficient (Wildman–Crippen LogP) is 2.85. The van der Waals surface area contributed by atoms with Crippen molar-refractivity contribution in [2.45, 2.75) is 12.5 Å². The van der Waals surface area contributed by atoms with Crippen molar-refractivity contribution in [1.82, 2.24) is 0 Å². The van der Waals surface area contributed by atoms with Crippen LogP contribution in [0.3, 0.4) is 0 Å². The third kappa shape index (κ3) is 1.73. The van der Waals surface area contributed by atoms with Gasteiger partial charge in [-0.25, -0.2) is 0 Å². The monoisotopic (exact) mass is 176 g/mol. The molecular formula is C11H12O2. The molecule has 2 heterocycles. The number of furan rings is 1. The third-order valence-corrected chi connectivity index (χ3v) is 2.17. The second-order valence-electron chi connectivity index (χ2n) is 3.03. The Balaban J connectivity index is 2.07. The Morgan fingerprint density at radius 2 is 2.46 bits per heavy atom. The number of hydrogen-bond donors (Lipinski definition) is 0. The second-order valence-corrected chi connectivity index (χ2v) is 3.03. The highest BCUT2D eigenvalue weighted by Gasteiger charge is 2.17. The van der Waals surface area contributed by atoms with Gasteiger partial charge in [0.15, 0.2) is 0 Å². The van der Waals surface area contributed by atoms with Crippen LogP contribution in [-0.4, -0.2) is 6.61 Å². The van der Waals surface area contributed by atoms with Crippen molar-refractivity contribution in [3.05, 3.63) is 48.5 Å². The molecule has 68 valence electrons. The summed E-state index contributed by atoms with van der Waals surface area (Å²) in [5.41, 5.74) is 1.16. The minimum Gasteiger partial charge on any atom is -0.467 e. The Morgan fingerprint density at radius 1 is 1.54 bits per heavy atom. The maximum Gasteiger partial charge on any atom is 0.132 e. The summed E-state index contributed by atoms with van der Waals surface area (Å²) in [6.07, 6.45) is 6.60. The molecule has 2 heteroatoms. The average molecular weight is 176 g/mol. The van der Waals surface area contributed by atoms with Crippen molar-refractivity contribution in [1.29, 1.82) is 0 Å². The van der Waals surface area contributed by atoms with E-state index in [1.807, 2.05) is 18.2 Å². The first-order chi connectivity index (χ1) is 6.40. The van der Waals surface area contributed by atoms with Gasteiger partial charge in [0.05, 0.1) is 12.9 Å². The molecule has 0 N–H and O–H groups in total. The Morgan fingerprint density at radius 3 is 3.00 bits per heavy atom. The number of rotatable bonds is 2. The standard InChI is InChI=1S/C11H12O2/c1-2-9-5-6-11(13-8-9)10-4-3-7-12-10/h2-5,7,11H,1,6,8H2/t11-/m0/s1. The average Bonchev–Trinajstić information content (AvgIpc) is 2.71. The summed E-state index contributed by atoms with van der Waals surface area (Å²) in [6.45, 7) is 4.33. The summed E-state index contributed by atoms with van der Waals surface area (Å²) in [6, 6.07) is 3.82. The molecule has 1 aromatic heterocycles. The molecule has 0 radical (unpaired) electrons. The normalized spacial score (nSPS) is 22.5. The molecule has 0 unspecified atom stereocenters. The van der Waals surface area contributed by atoms with E-state index in [1.54, 1.807) is 6.26 Å². The fourth-order valence-corrected chi connectivity index (χ4v) is 1.40. The molecular weight excluding hydrogens is 164 g/mol. The largest absolute Gasteiger partial charge is 0.467 e. The summed E-state index contributed by atoms with van der Waals surface area (Å²) in [4.78, 5) is 0. The number of ether oxygens (including phenoxy) is 1. The van der Waals surface area contributed by atoms with E-state index in [-0.39, 0.29) is 6.10 Å². The SMILES string of the molecule is C=CC1=CC[C@@H](c2ccco2)OC1. The quantitative estimate of drug-likeness (QED) is 0.691. The Kier molecular flexibility index (Phi) is 2.32. The fraction of sp³-hybridized carbons (Fsp3) is 0.273. The van der Waals surface area contributed by atoms with Crippen LogP contribution in [-0.2, 0) is 4.74 Å². The molecule has 0 fully saturated rings. The van der Waals surface area contributed by atoms with E-state index in [4.69, 9.17) is 9.15 Å². The maximum absolute atomic E-state index is 5.59. The summed E-state index contributed by atoms with van der Waals surface area (Å²) >= 11 is 0. The Bertz CT molecular complexity index is 309. The van der Waals surface area contributed by atoms with Crippen molar-refractivity contribution < 1.29 is 9.15 Å². The van der Waals surface area contributed by atoms with Crippen LogP contribution in [0.25, 0.3) is 0 Å². The van der Waals surface area contributed by atoms with Crippen molar-refractivity contribution in [2.24, 2.45) is 0 Å². The van der Waals surface area contributed by atoms with Crippen LogP contribution < -0.4 is 0 Å². The van der Waals surface area contributed by atoms with Crippen LogP contribution in [0.4, 0.5) is 0 Å². The first kappa shape index (κ1) is 8.32. The van der Waals surface area contributed by atoms with Gasteiger partial charge >= 0.3 is 0 Å². The zero-order chi connectivity index (χ0) is 9.10. The van der Waals surface area contributed by atoms with E-state index in [0.717, 1.165) is 17.8 Å². The zero-order valence-electron chi connectivity index (χ0n) is 7.40. The molecule has 1 aromatic rings. The lowest BCUT2D eigenvalue weighted by atomic mass is 10.1. The molecule has 0 aromatic carbocycles. The van der Waals surface area contributed by atoms with Crippen LogP contribution in [0.15, 0.2) is 47.1 Å². The van der Waals surface area contributed by atoms with Gasteiger partial charge in [0.2, 0.25) is 0 Å². The van der Waals surface area contributed by atoms with Crippen LogP contribution >= 0.6 is 0 Å². The molecule has 0 amide bonds. The van der Waals surface area contributed by atoms with Gasteiger partial charge in [-0.05, 0) is 24.1 Å². The predicted molar refractivity (Wildman–Crippen MR) is 50.3 cm³/mol. The van der Waals surface area contributed by atoms with Gasteiger partial charge in [-0.1, -0.05) is 18.7 Å². The first-order valence-corrected chi connectivity index (χ1v) is 4.36. The van der Waals surface area contributed by atoms with E-state index in [9.17, 15) is 0 Å². The lowest BCUT2D eigenvalue weighted by Crippen LogP contribution is -2.10. The van der Waals surface area contributed by atoms with E-state index in [0.29, 0.717) is 6.61 Å². The molecule has 2 nitrogen and oxygen atoms in total. The molecule has 1 aliphatic rings. The van der Waals surface area contributed by atoms with Gasteiger partial charge in [0.25, 0.3) is 0 Å². The van der Waals surface area contributed by atoms with Gasteiger partial charge in [-0.2, -0.15) is 0 Å². The Hall–Kier alpha value is -1.28. The van der Waals surface area contributed by atoms with E-state index >= 15 is 0 Å². The van der Waals surface area contributed by atoms with E-state index in [1.165, 1.54) is 0 Å². The minimum atomic E-state index is 0.0821. The van der Waals surface area contributed by atoms with Crippen molar-refractivity contribution in [2.75, 3.05) is 6.61 Å². The molecule has 0 bridgehead atoms. The van der Waals surface area contributed by atoms with Crippen LogP contribution in [0.2, 0.25) is 0 Å². The van der Waals surface area contributed by atoms with Gasteiger partial charge in [-0.15, -0.1) is 0 Å². The van der Waals surface area contributed by atoms with Gasteiger partial charge < -0.3 is 9.15 Å². The van der Waals surface area contributed by atoms with Crippen LogP contribution in [0, 0.1) is 0 Å².